The first-order chi connectivity index (χ1) is 24.8. The molecule has 5 fully saturated rings. The second-order valence-corrected chi connectivity index (χ2v) is 19.4. The maximum atomic E-state index is 14.5. The Morgan fingerprint density at radius 2 is 1.55 bits per heavy atom. The molecule has 5 saturated carbocycles. The summed E-state index contributed by atoms with van der Waals surface area (Å²) in [5.74, 6) is 1.31. The molecule has 11 atom stereocenters. The number of hydrogen-bond acceptors (Lipinski definition) is 8. The zero-order chi connectivity index (χ0) is 38.9. The molecule has 9 heteroatoms. The number of hydrogen-bond donors (Lipinski definition) is 2. The molecule has 5 aliphatic carbocycles. The quantitative estimate of drug-likeness (QED) is 0.196. The number of fused-ring (bicyclic) bond motifs is 7. The molecular formula is C44H68N4O5. The van der Waals surface area contributed by atoms with Gasteiger partial charge in [-0.15, -0.1) is 0 Å². The van der Waals surface area contributed by atoms with Crippen molar-refractivity contribution >= 4 is 17.8 Å². The van der Waals surface area contributed by atoms with Crippen molar-refractivity contribution in [1.29, 1.82) is 0 Å². The van der Waals surface area contributed by atoms with Gasteiger partial charge in [0.15, 0.2) is 0 Å². The van der Waals surface area contributed by atoms with Gasteiger partial charge in [-0.3, -0.25) is 19.6 Å². The van der Waals surface area contributed by atoms with E-state index in [4.69, 9.17) is 14.5 Å². The van der Waals surface area contributed by atoms with Crippen LogP contribution in [0.4, 0.5) is 0 Å². The predicted molar refractivity (Wildman–Crippen MR) is 206 cm³/mol. The van der Waals surface area contributed by atoms with Gasteiger partial charge in [0.1, 0.15) is 18.8 Å². The summed E-state index contributed by atoms with van der Waals surface area (Å²) < 4.78 is 12.5. The van der Waals surface area contributed by atoms with Gasteiger partial charge in [-0.1, -0.05) is 46.8 Å². The van der Waals surface area contributed by atoms with Crippen LogP contribution in [0.2, 0.25) is 0 Å². The van der Waals surface area contributed by atoms with Crippen molar-refractivity contribution in [1.82, 2.24) is 20.6 Å². The molecule has 9 nitrogen and oxygen atoms in total. The van der Waals surface area contributed by atoms with E-state index in [0.717, 1.165) is 87.0 Å². The van der Waals surface area contributed by atoms with Crippen LogP contribution in [0.3, 0.4) is 0 Å². The van der Waals surface area contributed by atoms with E-state index in [1.807, 2.05) is 20.8 Å². The molecule has 0 radical (unpaired) electrons. The summed E-state index contributed by atoms with van der Waals surface area (Å²) in [6.07, 6.45) is 9.92. The molecule has 53 heavy (non-hydrogen) atoms. The topological polar surface area (TPSA) is 120 Å². The molecule has 0 aliphatic heterocycles. The molecule has 6 rings (SSSR count). The monoisotopic (exact) mass is 733 g/mol. The lowest BCUT2D eigenvalue weighted by Crippen LogP contribution is -2.67. The fraction of sp³-hybridized carbons (Fsp3) is 0.795. The third-order valence-electron chi connectivity index (χ3n) is 16.7. The van der Waals surface area contributed by atoms with Crippen molar-refractivity contribution in [2.24, 2.45) is 56.7 Å². The van der Waals surface area contributed by atoms with E-state index in [2.05, 4.69) is 63.7 Å². The van der Waals surface area contributed by atoms with Crippen molar-refractivity contribution in [3.8, 4) is 0 Å². The maximum Gasteiger partial charge on any atom is 0.328 e. The number of aryl methyl sites for hydroxylation is 3. The van der Waals surface area contributed by atoms with Gasteiger partial charge in [-0.2, -0.15) is 0 Å². The van der Waals surface area contributed by atoms with Crippen LogP contribution in [0.1, 0.15) is 135 Å². The van der Waals surface area contributed by atoms with Gasteiger partial charge in [0.2, 0.25) is 5.91 Å². The Labute approximate surface area is 319 Å². The summed E-state index contributed by atoms with van der Waals surface area (Å²) in [4.78, 5) is 49.3. The molecule has 2 N–H and O–H groups in total. The fourth-order valence-electron chi connectivity index (χ4n) is 13.6. The Bertz CT molecular complexity index is 1640. The van der Waals surface area contributed by atoms with Gasteiger partial charge < -0.3 is 20.1 Å². The summed E-state index contributed by atoms with van der Waals surface area (Å²) in [7, 11) is 1.71. The highest BCUT2D eigenvalue weighted by Gasteiger charge is 2.72. The fourth-order valence-corrected chi connectivity index (χ4v) is 13.6. The van der Waals surface area contributed by atoms with Crippen molar-refractivity contribution in [3.05, 3.63) is 34.9 Å². The molecular weight excluding hydrogens is 665 g/mol. The van der Waals surface area contributed by atoms with Crippen molar-refractivity contribution in [2.75, 3.05) is 13.6 Å². The number of aromatic nitrogens is 2. The number of carbonyl (C=O) groups excluding carboxylic acids is 3. The summed E-state index contributed by atoms with van der Waals surface area (Å²) >= 11 is 0. The molecule has 1 heterocycles. The first kappa shape index (κ1) is 39.9. The largest absolute Gasteiger partial charge is 0.460 e. The molecule has 0 bridgehead atoms. The van der Waals surface area contributed by atoms with E-state index < -0.39 is 11.5 Å². The van der Waals surface area contributed by atoms with Gasteiger partial charge in [-0.25, -0.2) is 4.79 Å². The van der Waals surface area contributed by atoms with Crippen LogP contribution in [-0.4, -0.2) is 53.6 Å². The summed E-state index contributed by atoms with van der Waals surface area (Å²) in [5, 5.41) is 5.61. The molecule has 5 aliphatic rings. The molecule has 1 amide bonds. The number of nitrogens with one attached hydrogen (secondary N) is 2. The van der Waals surface area contributed by atoms with Crippen molar-refractivity contribution in [2.45, 2.75) is 152 Å². The van der Waals surface area contributed by atoms with Crippen LogP contribution in [0.15, 0.2) is 12.2 Å². The lowest BCUT2D eigenvalue weighted by Gasteiger charge is -2.72. The smallest absolute Gasteiger partial charge is 0.328 e. The zero-order valence-corrected chi connectivity index (χ0v) is 34.7. The lowest BCUT2D eigenvalue weighted by atomic mass is 9.32. The third-order valence-corrected chi connectivity index (χ3v) is 16.7. The van der Waals surface area contributed by atoms with E-state index in [1.165, 1.54) is 5.57 Å². The van der Waals surface area contributed by atoms with Crippen LogP contribution < -0.4 is 10.6 Å². The number of rotatable bonds is 9. The Hall–Kier alpha value is -2.81. The molecule has 294 valence electrons. The van der Waals surface area contributed by atoms with Gasteiger partial charge >= 0.3 is 11.9 Å². The van der Waals surface area contributed by atoms with E-state index in [1.54, 1.807) is 14.0 Å². The lowest BCUT2D eigenvalue weighted by molar-refractivity contribution is -0.251. The molecule has 0 spiro atoms. The number of esters is 2. The highest BCUT2D eigenvalue weighted by atomic mass is 16.5. The minimum atomic E-state index is -0.691. The minimum Gasteiger partial charge on any atom is -0.460 e. The predicted octanol–water partition coefficient (Wildman–Crippen LogP) is 7.74. The highest BCUT2D eigenvalue weighted by Crippen LogP contribution is 2.77. The van der Waals surface area contributed by atoms with Crippen LogP contribution >= 0.6 is 0 Å². The van der Waals surface area contributed by atoms with Crippen molar-refractivity contribution < 1.29 is 23.9 Å². The van der Waals surface area contributed by atoms with Crippen LogP contribution in [0.25, 0.3) is 0 Å². The average molecular weight is 733 g/mol. The summed E-state index contributed by atoms with van der Waals surface area (Å²) in [5.41, 5.74) is 4.20. The van der Waals surface area contributed by atoms with Crippen molar-refractivity contribution in [3.63, 3.8) is 0 Å². The molecule has 0 saturated heterocycles. The van der Waals surface area contributed by atoms with E-state index in [9.17, 15) is 14.4 Å². The van der Waals surface area contributed by atoms with Gasteiger partial charge in [0.25, 0.3) is 0 Å². The first-order valence-corrected chi connectivity index (χ1v) is 20.5. The number of ether oxygens (including phenoxy) is 2. The van der Waals surface area contributed by atoms with Gasteiger partial charge in [-0.05, 0) is 152 Å². The van der Waals surface area contributed by atoms with Crippen LogP contribution in [0, 0.1) is 77.4 Å². The second kappa shape index (κ2) is 14.0. The number of nitrogens with zero attached hydrogens (tertiary/aromatic N) is 2. The minimum absolute atomic E-state index is 0.0405. The molecule has 0 aromatic carbocycles. The summed E-state index contributed by atoms with van der Waals surface area (Å²) in [6.45, 7) is 27.0. The summed E-state index contributed by atoms with van der Waals surface area (Å²) in [6, 6.07) is -0.691. The molecule has 1 aromatic heterocycles. The van der Waals surface area contributed by atoms with Crippen LogP contribution in [-0.2, 0) is 30.5 Å². The van der Waals surface area contributed by atoms with E-state index >= 15 is 0 Å². The SMILES string of the molecule is C=C(C)[C@@H]1CC[C@]2(C(=O)OCc3nc(C)c(C)nc3C)CC[C@]3(C)[C@H](CC[C@@H]4[C@@]5(C)CC[C@H](OC(=O)[C@H](C)NC(=O)CNC)C(C)(C)[C@@H]5CC[C@]43C)[C@@H]12. The average Bonchev–Trinajstić information content (AvgIpc) is 3.48. The molecule has 1 aromatic rings. The standard InChI is InChI=1S/C44H68N4O5/c1-25(2)30-15-20-44(39(51)52-24-32-28(5)46-26(3)27(4)47-32)22-21-42(10)31(37(30)44)13-14-34-41(9)18-17-35(40(7,8)33(41)16-19-43(34,42)11)53-38(50)29(6)48-36(49)23-45-12/h29-31,33-35,37,45H,1,13-24H2,2-12H3,(H,48,49)/t29-,30-,31+,33-,34+,35-,37+,41-,42+,43+,44-/m0/s1. The zero-order valence-electron chi connectivity index (χ0n) is 34.7. The molecule has 0 unspecified atom stereocenters. The van der Waals surface area contributed by atoms with Crippen LogP contribution in [0.5, 0.6) is 0 Å². The Balaban J connectivity index is 1.23. The first-order valence-electron chi connectivity index (χ1n) is 20.5. The Kier molecular flexibility index (Phi) is 10.6. The van der Waals surface area contributed by atoms with Gasteiger partial charge in [0, 0.05) is 5.41 Å². The van der Waals surface area contributed by atoms with E-state index in [0.29, 0.717) is 23.7 Å². The third kappa shape index (κ3) is 6.27. The number of likely N-dealkylation sites (N-methyl/N-ethyl adjacent to an activating group) is 1. The second-order valence-electron chi connectivity index (χ2n) is 19.4. The Morgan fingerprint density at radius 1 is 0.849 bits per heavy atom. The van der Waals surface area contributed by atoms with Gasteiger partial charge in [0.05, 0.1) is 34.7 Å². The van der Waals surface area contributed by atoms with E-state index in [-0.39, 0.29) is 64.7 Å². The maximum absolute atomic E-state index is 14.5. The number of amides is 1. The highest BCUT2D eigenvalue weighted by molar-refractivity contribution is 5.85. The normalized spacial score (nSPS) is 39.0. The Morgan fingerprint density at radius 3 is 2.23 bits per heavy atom. The number of allylic oxidation sites excluding steroid dienone is 1. The number of carbonyl (C=O) groups is 3.